The summed E-state index contributed by atoms with van der Waals surface area (Å²) >= 11 is 0. The third kappa shape index (κ3) is 3.05. The van der Waals surface area contributed by atoms with Gasteiger partial charge in [0.1, 0.15) is 0 Å². The quantitative estimate of drug-likeness (QED) is 0.729. The van der Waals surface area contributed by atoms with E-state index in [0.717, 1.165) is 23.9 Å². The number of fused-ring (bicyclic) bond motifs is 1. The van der Waals surface area contributed by atoms with Gasteiger partial charge in [0.25, 0.3) is 0 Å². The fraction of sp³-hybridized carbons (Fsp3) is 0.700. The van der Waals surface area contributed by atoms with Crippen molar-refractivity contribution < 1.29 is 22.8 Å². The Labute approximate surface area is 168 Å². The van der Waals surface area contributed by atoms with Crippen LogP contribution in [0.5, 0.6) is 0 Å². The van der Waals surface area contributed by atoms with Gasteiger partial charge in [0, 0.05) is 12.1 Å². The maximum absolute atomic E-state index is 13.1. The fourth-order valence-corrected chi connectivity index (χ4v) is 6.37. The van der Waals surface area contributed by atoms with Gasteiger partial charge in [0.2, 0.25) is 10.0 Å². The van der Waals surface area contributed by atoms with E-state index in [2.05, 4.69) is 4.72 Å². The number of aliphatic hydroxyl groups excluding tert-OH is 1. The van der Waals surface area contributed by atoms with Crippen LogP contribution in [-0.2, 0) is 19.3 Å². The van der Waals surface area contributed by atoms with Crippen molar-refractivity contribution in [3.63, 3.8) is 0 Å². The van der Waals surface area contributed by atoms with Crippen LogP contribution in [0.4, 0.5) is 0 Å². The third-order valence-corrected chi connectivity index (χ3v) is 8.89. The molecule has 4 aliphatic rings. The van der Waals surface area contributed by atoms with Crippen molar-refractivity contribution in [1.29, 1.82) is 0 Å². The molecule has 154 valence electrons. The summed E-state index contributed by atoms with van der Waals surface area (Å²) in [4.78, 5) is 0.227. The summed E-state index contributed by atoms with van der Waals surface area (Å²) in [5.41, 5.74) is 0.211. The molecular weight excluding hydrogens is 377 g/mol. The van der Waals surface area contributed by atoms with E-state index in [-0.39, 0.29) is 16.9 Å². The van der Waals surface area contributed by atoms with Gasteiger partial charge in [-0.15, -0.1) is 0 Å². The van der Waals surface area contributed by atoms with Gasteiger partial charge in [-0.25, -0.2) is 13.1 Å². The van der Waals surface area contributed by atoms with Crippen molar-refractivity contribution >= 4 is 22.6 Å². The second kappa shape index (κ2) is 6.05. The van der Waals surface area contributed by atoms with E-state index in [0.29, 0.717) is 12.8 Å². The minimum absolute atomic E-state index is 0.0797. The molecule has 1 aliphatic heterocycles. The predicted octanol–water partition coefficient (Wildman–Crippen LogP) is 1.88. The summed E-state index contributed by atoms with van der Waals surface area (Å²) in [7, 11) is -4.27. The lowest BCUT2D eigenvalue weighted by Crippen LogP contribution is -2.56. The molecule has 5 rings (SSSR count). The number of hydrogen-bond donors (Lipinski definition) is 2. The molecule has 3 aliphatic carbocycles. The highest BCUT2D eigenvalue weighted by Gasteiger charge is 2.61. The van der Waals surface area contributed by atoms with Crippen molar-refractivity contribution in [3.05, 3.63) is 23.8 Å². The van der Waals surface area contributed by atoms with E-state index in [1.165, 1.54) is 0 Å². The van der Waals surface area contributed by atoms with Gasteiger partial charge in [0.05, 0.1) is 16.1 Å². The van der Waals surface area contributed by atoms with Crippen molar-refractivity contribution in [2.75, 3.05) is 6.61 Å². The van der Waals surface area contributed by atoms with Gasteiger partial charge in [0.15, 0.2) is 0 Å². The van der Waals surface area contributed by atoms with Gasteiger partial charge in [-0.05, 0) is 83.3 Å². The Kier molecular flexibility index (Phi) is 4.39. The number of hydrogen-bond acceptors (Lipinski definition) is 5. The molecule has 0 unspecified atom stereocenters. The van der Waals surface area contributed by atoms with Gasteiger partial charge < -0.3 is 14.4 Å². The second-order valence-corrected chi connectivity index (χ2v) is 11.7. The van der Waals surface area contributed by atoms with Crippen LogP contribution in [0.1, 0.15) is 58.9 Å². The molecule has 2 N–H and O–H groups in total. The first-order chi connectivity index (χ1) is 12.8. The van der Waals surface area contributed by atoms with E-state index in [9.17, 15) is 13.5 Å². The second-order valence-electron chi connectivity index (χ2n) is 10.0. The van der Waals surface area contributed by atoms with Crippen LogP contribution < -0.4 is 10.2 Å². The lowest BCUT2D eigenvalue weighted by molar-refractivity contribution is 0.00578. The Morgan fingerprint density at radius 3 is 2.25 bits per heavy atom. The molecular formula is C20H30BNO5S. The predicted molar refractivity (Wildman–Crippen MR) is 108 cm³/mol. The topological polar surface area (TPSA) is 84.9 Å². The minimum Gasteiger partial charge on any atom is -0.399 e. The van der Waals surface area contributed by atoms with Crippen molar-refractivity contribution in [1.82, 2.24) is 4.72 Å². The molecule has 0 atom stereocenters. The normalized spacial score (nSPS) is 33.1. The van der Waals surface area contributed by atoms with Crippen LogP contribution in [0, 0.1) is 12.3 Å². The summed E-state index contributed by atoms with van der Waals surface area (Å²) in [6.45, 7) is 9.98. The van der Waals surface area contributed by atoms with Gasteiger partial charge in [-0.3, -0.25) is 0 Å². The molecule has 0 radical (unpaired) electrons. The molecule has 1 saturated heterocycles. The number of aliphatic hydroxyl groups is 1. The highest BCUT2D eigenvalue weighted by Crippen LogP contribution is 2.61. The first-order valence-corrected chi connectivity index (χ1v) is 11.4. The molecule has 8 heteroatoms. The van der Waals surface area contributed by atoms with E-state index in [1.54, 1.807) is 18.2 Å². The standard InChI is InChI=1S/C20H30BNO5S/c1-14-6-7-15(10-16(14)21-26-17(2,3)18(4,5)27-21)28(24,25)22-20-9-8-19(11-20,12-20)13-23/h6-7,10,22-23H,8-9,11-13H2,1-5H3. The average Bonchev–Trinajstić information content (AvgIpc) is 3.15. The lowest BCUT2D eigenvalue weighted by atomic mass is 9.66. The van der Waals surface area contributed by atoms with Crippen LogP contribution in [0.25, 0.3) is 0 Å². The Hall–Kier alpha value is -0.925. The molecule has 1 aromatic rings. The van der Waals surface area contributed by atoms with Crippen molar-refractivity contribution in [2.45, 2.75) is 81.9 Å². The maximum atomic E-state index is 13.1. The van der Waals surface area contributed by atoms with Crippen molar-refractivity contribution in [2.24, 2.45) is 5.41 Å². The van der Waals surface area contributed by atoms with E-state index >= 15 is 0 Å². The zero-order valence-corrected chi connectivity index (χ0v) is 18.1. The van der Waals surface area contributed by atoms with Crippen molar-refractivity contribution in [3.8, 4) is 0 Å². The number of aryl methyl sites for hydroxylation is 1. The van der Waals surface area contributed by atoms with Crippen LogP contribution in [0.15, 0.2) is 23.1 Å². The molecule has 2 bridgehead atoms. The first-order valence-electron chi connectivity index (χ1n) is 9.94. The smallest absolute Gasteiger partial charge is 0.399 e. The molecule has 0 spiro atoms. The fourth-order valence-electron chi connectivity index (χ4n) is 4.91. The van der Waals surface area contributed by atoms with E-state index < -0.39 is 33.9 Å². The zero-order chi connectivity index (χ0) is 20.6. The summed E-state index contributed by atoms with van der Waals surface area (Å²) in [6, 6.07) is 5.11. The number of sulfonamides is 1. The molecule has 4 fully saturated rings. The molecule has 1 heterocycles. The monoisotopic (exact) mass is 407 g/mol. The highest BCUT2D eigenvalue weighted by atomic mass is 32.2. The van der Waals surface area contributed by atoms with E-state index in [4.69, 9.17) is 9.31 Å². The Balaban J connectivity index is 1.59. The summed E-state index contributed by atoms with van der Waals surface area (Å²) < 4.78 is 41.3. The molecule has 28 heavy (non-hydrogen) atoms. The Morgan fingerprint density at radius 1 is 1.11 bits per heavy atom. The molecule has 0 aromatic heterocycles. The van der Waals surface area contributed by atoms with Crippen LogP contribution in [0.3, 0.4) is 0 Å². The lowest BCUT2D eigenvalue weighted by Gasteiger charge is -2.46. The Morgan fingerprint density at radius 2 is 1.71 bits per heavy atom. The van der Waals surface area contributed by atoms with Crippen LogP contribution >= 0.6 is 0 Å². The minimum atomic E-state index is -3.67. The molecule has 6 nitrogen and oxygen atoms in total. The van der Waals surface area contributed by atoms with Gasteiger partial charge >= 0.3 is 7.12 Å². The number of rotatable bonds is 5. The SMILES string of the molecule is Cc1ccc(S(=O)(=O)NC23CCC(CO)(C2)C3)cc1B1OC(C)(C)C(C)(C)O1. The van der Waals surface area contributed by atoms with E-state index in [1.807, 2.05) is 34.6 Å². The maximum Gasteiger partial charge on any atom is 0.495 e. The zero-order valence-electron chi connectivity index (χ0n) is 17.3. The summed E-state index contributed by atoms with van der Waals surface area (Å²) in [6.07, 6.45) is 3.08. The average molecular weight is 407 g/mol. The van der Waals surface area contributed by atoms with Gasteiger partial charge in [-0.1, -0.05) is 11.6 Å². The molecule has 0 amide bonds. The number of nitrogens with one attached hydrogen (secondary N) is 1. The Bertz CT molecular complexity index is 889. The largest absolute Gasteiger partial charge is 0.495 e. The van der Waals surface area contributed by atoms with Crippen LogP contribution in [0.2, 0.25) is 0 Å². The molecule has 3 saturated carbocycles. The summed E-state index contributed by atoms with van der Waals surface area (Å²) in [5, 5.41) is 9.56. The van der Waals surface area contributed by atoms with Crippen LogP contribution in [-0.4, -0.2) is 44.0 Å². The number of benzene rings is 1. The third-order valence-electron chi connectivity index (χ3n) is 7.32. The molecule has 1 aromatic carbocycles. The summed E-state index contributed by atoms with van der Waals surface area (Å²) in [5.74, 6) is 0. The van der Waals surface area contributed by atoms with Gasteiger partial charge in [-0.2, -0.15) is 0 Å². The highest BCUT2D eigenvalue weighted by molar-refractivity contribution is 7.89. The first kappa shape index (κ1) is 20.4.